The fourth-order valence-electron chi connectivity index (χ4n) is 3.61. The summed E-state index contributed by atoms with van der Waals surface area (Å²) in [5.74, 6) is 0.223. The number of hydrogen-bond donors (Lipinski definition) is 0. The van der Waals surface area contributed by atoms with E-state index in [4.69, 9.17) is 9.15 Å². The summed E-state index contributed by atoms with van der Waals surface area (Å²) in [6.45, 7) is 3.66. The van der Waals surface area contributed by atoms with Crippen molar-refractivity contribution in [2.75, 3.05) is 31.6 Å². The molecule has 0 aliphatic carbocycles. The Morgan fingerprint density at radius 2 is 1.97 bits per heavy atom. The van der Waals surface area contributed by atoms with Gasteiger partial charge in [0.1, 0.15) is 11.9 Å². The molecule has 0 radical (unpaired) electrons. The van der Waals surface area contributed by atoms with Crippen molar-refractivity contribution in [3.8, 4) is 5.75 Å². The Hall–Kier alpha value is -2.78. The van der Waals surface area contributed by atoms with Crippen molar-refractivity contribution in [1.29, 1.82) is 0 Å². The Kier molecular flexibility index (Phi) is 4.87. The van der Waals surface area contributed by atoms with Crippen LogP contribution in [0.25, 0.3) is 11.1 Å². The number of likely N-dealkylation sites (N-methyl/N-ethyl adjacent to an activating group) is 2. The topological polar surface area (TPSA) is 85.0 Å². The van der Waals surface area contributed by atoms with Gasteiger partial charge >= 0.3 is 5.76 Å². The van der Waals surface area contributed by atoms with Gasteiger partial charge in [0.25, 0.3) is 0 Å². The average Bonchev–Trinajstić information content (AvgIpc) is 3.00. The standard InChI is InChI=1S/C20H23N3O5S/c1-4-23-13-14(27-18-8-6-5-7-17(18)23)12-21(2)29(25,26)15-9-10-16-19(11-15)28-20(24)22(16)3/h5-11,14H,4,12-13H2,1-3H3/t14-/m1/s1. The molecule has 2 aromatic carbocycles. The lowest BCUT2D eigenvalue weighted by Gasteiger charge is -2.36. The molecule has 0 unspecified atom stereocenters. The van der Waals surface area contributed by atoms with E-state index in [1.165, 1.54) is 28.1 Å². The SMILES string of the molecule is CCN1C[C@@H](CN(C)S(=O)(=O)c2ccc3c(c2)oc(=O)n3C)Oc2ccccc21. The normalized spacial score (nSPS) is 16.8. The molecule has 0 fully saturated rings. The molecule has 4 rings (SSSR count). The van der Waals surface area contributed by atoms with Gasteiger partial charge in [-0.3, -0.25) is 4.57 Å². The zero-order valence-electron chi connectivity index (χ0n) is 16.5. The first-order chi connectivity index (χ1) is 13.8. The van der Waals surface area contributed by atoms with Crippen molar-refractivity contribution in [2.45, 2.75) is 17.9 Å². The number of aryl methyl sites for hydroxylation is 1. The maximum absolute atomic E-state index is 13.1. The van der Waals surface area contributed by atoms with Crippen molar-refractivity contribution in [3.63, 3.8) is 0 Å². The highest BCUT2D eigenvalue weighted by Crippen LogP contribution is 2.33. The van der Waals surface area contributed by atoms with Gasteiger partial charge < -0.3 is 14.1 Å². The molecule has 154 valence electrons. The number of nitrogens with zero attached hydrogens (tertiary/aromatic N) is 3. The fraction of sp³-hybridized carbons (Fsp3) is 0.350. The number of aromatic nitrogens is 1. The molecule has 29 heavy (non-hydrogen) atoms. The summed E-state index contributed by atoms with van der Waals surface area (Å²) < 4.78 is 39.9. The van der Waals surface area contributed by atoms with Gasteiger partial charge in [-0.1, -0.05) is 12.1 Å². The van der Waals surface area contributed by atoms with E-state index < -0.39 is 15.8 Å². The van der Waals surface area contributed by atoms with E-state index in [1.807, 2.05) is 24.3 Å². The van der Waals surface area contributed by atoms with Crippen LogP contribution in [-0.4, -0.2) is 50.1 Å². The van der Waals surface area contributed by atoms with E-state index in [9.17, 15) is 13.2 Å². The summed E-state index contributed by atoms with van der Waals surface area (Å²) in [5, 5.41) is 0. The predicted octanol–water partition coefficient (Wildman–Crippen LogP) is 2.04. The number of rotatable bonds is 5. The van der Waals surface area contributed by atoms with Crippen LogP contribution in [0.5, 0.6) is 5.75 Å². The predicted molar refractivity (Wildman–Crippen MR) is 110 cm³/mol. The second kappa shape index (κ2) is 7.23. The van der Waals surface area contributed by atoms with Crippen molar-refractivity contribution < 1.29 is 17.6 Å². The number of oxazole rings is 1. The highest BCUT2D eigenvalue weighted by atomic mass is 32.2. The van der Waals surface area contributed by atoms with Crippen LogP contribution in [0.2, 0.25) is 0 Å². The number of benzene rings is 2. The lowest BCUT2D eigenvalue weighted by molar-refractivity contribution is 0.171. The molecule has 0 bridgehead atoms. The second-order valence-corrected chi connectivity index (χ2v) is 9.13. The molecule has 2 heterocycles. The summed E-state index contributed by atoms with van der Waals surface area (Å²) in [4.78, 5) is 13.9. The van der Waals surface area contributed by atoms with Gasteiger partial charge in [0.2, 0.25) is 10.0 Å². The zero-order valence-corrected chi connectivity index (χ0v) is 17.3. The van der Waals surface area contributed by atoms with Crippen LogP contribution >= 0.6 is 0 Å². The van der Waals surface area contributed by atoms with Gasteiger partial charge in [-0.2, -0.15) is 4.31 Å². The van der Waals surface area contributed by atoms with Crippen LogP contribution in [0.1, 0.15) is 6.92 Å². The summed E-state index contributed by atoms with van der Waals surface area (Å²) in [6, 6.07) is 12.2. The minimum atomic E-state index is -3.77. The first-order valence-electron chi connectivity index (χ1n) is 9.38. The highest BCUT2D eigenvalue weighted by molar-refractivity contribution is 7.89. The number of fused-ring (bicyclic) bond motifs is 2. The molecular weight excluding hydrogens is 394 g/mol. The number of anilines is 1. The maximum Gasteiger partial charge on any atom is 0.419 e. The van der Waals surface area contributed by atoms with Crippen molar-refractivity contribution in [1.82, 2.24) is 8.87 Å². The van der Waals surface area contributed by atoms with Crippen molar-refractivity contribution in [2.24, 2.45) is 7.05 Å². The smallest absolute Gasteiger partial charge is 0.419 e. The Morgan fingerprint density at radius 1 is 1.21 bits per heavy atom. The minimum absolute atomic E-state index is 0.0745. The molecule has 1 atom stereocenters. The van der Waals surface area contributed by atoms with Crippen LogP contribution in [-0.2, 0) is 17.1 Å². The van der Waals surface area contributed by atoms with Crippen molar-refractivity contribution >= 4 is 26.8 Å². The first-order valence-corrected chi connectivity index (χ1v) is 10.8. The van der Waals surface area contributed by atoms with Gasteiger partial charge in [0.15, 0.2) is 5.58 Å². The molecule has 1 aromatic heterocycles. The van der Waals surface area contributed by atoms with E-state index >= 15 is 0 Å². The van der Waals surface area contributed by atoms with Crippen LogP contribution in [0.3, 0.4) is 0 Å². The van der Waals surface area contributed by atoms with Crippen LogP contribution in [0.4, 0.5) is 5.69 Å². The first kappa shape index (κ1) is 19.5. The van der Waals surface area contributed by atoms with E-state index in [0.717, 1.165) is 18.0 Å². The number of hydrogen-bond acceptors (Lipinski definition) is 6. The summed E-state index contributed by atoms with van der Waals surface area (Å²) >= 11 is 0. The van der Waals surface area contributed by atoms with Gasteiger partial charge in [-0.05, 0) is 31.2 Å². The molecule has 1 aliphatic rings. The van der Waals surface area contributed by atoms with Crippen LogP contribution < -0.4 is 15.4 Å². The quantitative estimate of drug-likeness (QED) is 0.632. The third-order valence-electron chi connectivity index (χ3n) is 5.24. The molecular formula is C20H23N3O5S. The molecule has 8 nitrogen and oxygen atoms in total. The highest BCUT2D eigenvalue weighted by Gasteiger charge is 2.30. The fourth-order valence-corrected chi connectivity index (χ4v) is 4.83. The van der Waals surface area contributed by atoms with Gasteiger partial charge in [0.05, 0.1) is 29.2 Å². The maximum atomic E-state index is 13.1. The number of ether oxygens (including phenoxy) is 1. The van der Waals surface area contributed by atoms with E-state index in [0.29, 0.717) is 12.1 Å². The molecule has 0 N–H and O–H groups in total. The Labute approximate surface area is 168 Å². The van der Waals surface area contributed by atoms with Crippen LogP contribution in [0, 0.1) is 0 Å². The molecule has 9 heteroatoms. The molecule has 0 saturated heterocycles. The number of para-hydroxylation sites is 2. The lowest BCUT2D eigenvalue weighted by atomic mass is 10.2. The second-order valence-electron chi connectivity index (χ2n) is 7.09. The van der Waals surface area contributed by atoms with Crippen LogP contribution in [0.15, 0.2) is 56.6 Å². The van der Waals surface area contributed by atoms with Gasteiger partial charge in [-0.15, -0.1) is 0 Å². The summed E-state index contributed by atoms with van der Waals surface area (Å²) in [6.07, 6.45) is -0.303. The largest absolute Gasteiger partial charge is 0.485 e. The lowest BCUT2D eigenvalue weighted by Crippen LogP contribution is -2.46. The molecule has 0 amide bonds. The molecule has 1 aliphatic heterocycles. The van der Waals surface area contributed by atoms with Crippen molar-refractivity contribution in [3.05, 3.63) is 53.0 Å². The average molecular weight is 417 g/mol. The number of sulfonamides is 1. The minimum Gasteiger partial charge on any atom is -0.485 e. The Morgan fingerprint density at radius 3 is 2.72 bits per heavy atom. The monoisotopic (exact) mass is 417 g/mol. The zero-order chi connectivity index (χ0) is 20.8. The molecule has 0 saturated carbocycles. The van der Waals surface area contributed by atoms with E-state index in [2.05, 4.69) is 11.8 Å². The molecule has 3 aromatic rings. The van der Waals surface area contributed by atoms with Gasteiger partial charge in [-0.25, -0.2) is 13.2 Å². The summed E-state index contributed by atoms with van der Waals surface area (Å²) in [7, 11) is -0.667. The third kappa shape index (κ3) is 3.40. The van der Waals surface area contributed by atoms with Gasteiger partial charge in [0, 0.05) is 26.7 Å². The Balaban J connectivity index is 1.58. The Bertz CT molecular complexity index is 1210. The summed E-state index contributed by atoms with van der Waals surface area (Å²) in [5.41, 5.74) is 1.80. The van der Waals surface area contributed by atoms with E-state index in [1.54, 1.807) is 13.1 Å². The molecule has 0 spiro atoms. The third-order valence-corrected chi connectivity index (χ3v) is 7.06. The van der Waals surface area contributed by atoms with E-state index in [-0.39, 0.29) is 23.1 Å².